The van der Waals surface area contributed by atoms with Crippen LogP contribution in [0.25, 0.3) is 0 Å². The largest absolute Gasteiger partial charge is 0.495 e. The Bertz CT molecular complexity index is 694. The molecule has 0 atom stereocenters. The third kappa shape index (κ3) is 2.79. The van der Waals surface area contributed by atoms with Crippen LogP contribution in [0.1, 0.15) is 5.69 Å². The van der Waals surface area contributed by atoms with Crippen molar-refractivity contribution in [3.8, 4) is 5.75 Å². The molecule has 2 aromatic rings. The summed E-state index contributed by atoms with van der Waals surface area (Å²) in [7, 11) is -2.25. The average Bonchev–Trinajstić information content (AvgIpc) is 2.73. The Morgan fingerprint density at radius 1 is 1.37 bits per heavy atom. The maximum atomic E-state index is 12.1. The summed E-state index contributed by atoms with van der Waals surface area (Å²) in [5.41, 5.74) is 6.70. The van der Waals surface area contributed by atoms with Crippen molar-refractivity contribution in [1.29, 1.82) is 0 Å². The molecule has 7 nitrogen and oxygen atoms in total. The number of hydrogen-bond acceptors (Lipinski definition) is 5. The number of nitrogen functional groups attached to an aromatic ring is 1. The first-order valence-corrected chi connectivity index (χ1v) is 6.89. The van der Waals surface area contributed by atoms with Gasteiger partial charge in [0.1, 0.15) is 5.75 Å². The van der Waals surface area contributed by atoms with Gasteiger partial charge in [-0.25, -0.2) is 8.42 Å². The molecule has 0 aliphatic carbocycles. The number of nitrogens with one attached hydrogen (secondary N) is 2. The molecule has 19 heavy (non-hydrogen) atoms. The van der Waals surface area contributed by atoms with E-state index in [4.69, 9.17) is 10.5 Å². The first-order valence-electron chi connectivity index (χ1n) is 5.41. The lowest BCUT2D eigenvalue weighted by molar-refractivity contribution is 0.416. The smallest absolute Gasteiger partial charge is 0.263 e. The molecule has 1 heterocycles. The molecule has 0 saturated carbocycles. The Labute approximate surface area is 110 Å². The number of H-pyrrole nitrogens is 1. The summed E-state index contributed by atoms with van der Waals surface area (Å²) in [6, 6.07) is 5.84. The van der Waals surface area contributed by atoms with Gasteiger partial charge < -0.3 is 10.5 Å². The molecule has 0 fully saturated rings. The number of ether oxygens (including phenoxy) is 1. The van der Waals surface area contributed by atoms with Crippen LogP contribution in [0.15, 0.2) is 29.2 Å². The molecule has 2 rings (SSSR count). The highest BCUT2D eigenvalue weighted by Gasteiger charge is 2.17. The molecule has 0 bridgehead atoms. The zero-order chi connectivity index (χ0) is 14.0. The Kier molecular flexibility index (Phi) is 3.34. The number of anilines is 2. The lowest BCUT2D eigenvalue weighted by atomic mass is 10.3. The van der Waals surface area contributed by atoms with E-state index in [1.54, 1.807) is 13.0 Å². The lowest BCUT2D eigenvalue weighted by Gasteiger charge is -2.08. The van der Waals surface area contributed by atoms with Crippen LogP contribution in [-0.2, 0) is 10.0 Å². The van der Waals surface area contributed by atoms with Crippen molar-refractivity contribution in [3.63, 3.8) is 0 Å². The second-order valence-electron chi connectivity index (χ2n) is 3.95. The van der Waals surface area contributed by atoms with Gasteiger partial charge in [-0.05, 0) is 25.1 Å². The second-order valence-corrected chi connectivity index (χ2v) is 5.63. The van der Waals surface area contributed by atoms with Crippen LogP contribution in [0.4, 0.5) is 11.5 Å². The topological polar surface area (TPSA) is 110 Å². The summed E-state index contributed by atoms with van der Waals surface area (Å²) in [5, 5.41) is 6.46. The predicted molar refractivity (Wildman–Crippen MR) is 71.5 cm³/mol. The zero-order valence-corrected chi connectivity index (χ0v) is 11.3. The van der Waals surface area contributed by atoms with Crippen LogP contribution in [0.5, 0.6) is 5.75 Å². The van der Waals surface area contributed by atoms with E-state index in [9.17, 15) is 8.42 Å². The molecule has 0 radical (unpaired) electrons. The van der Waals surface area contributed by atoms with Crippen molar-refractivity contribution < 1.29 is 13.2 Å². The Balaban J connectivity index is 2.31. The summed E-state index contributed by atoms with van der Waals surface area (Å²) in [6.45, 7) is 1.77. The van der Waals surface area contributed by atoms with Crippen LogP contribution >= 0.6 is 0 Å². The standard InChI is InChI=1S/C11H14N4O3S/c1-7-5-11(14-13-7)15-19(16,17)8-3-4-10(18-2)9(12)6-8/h3-6H,12H2,1-2H3,(H2,13,14,15). The lowest BCUT2D eigenvalue weighted by Crippen LogP contribution is -2.13. The van der Waals surface area contributed by atoms with E-state index in [1.807, 2.05) is 0 Å². The van der Waals surface area contributed by atoms with Gasteiger partial charge in [-0.1, -0.05) is 0 Å². The molecule has 8 heteroatoms. The summed E-state index contributed by atoms with van der Waals surface area (Å²) in [6.07, 6.45) is 0. The highest BCUT2D eigenvalue weighted by atomic mass is 32.2. The molecule has 1 aromatic heterocycles. The third-order valence-electron chi connectivity index (χ3n) is 2.46. The molecule has 0 amide bonds. The molecule has 1 aromatic carbocycles. The number of sulfonamides is 1. The Hall–Kier alpha value is -2.22. The number of nitrogens with two attached hydrogens (primary N) is 1. The number of rotatable bonds is 4. The van der Waals surface area contributed by atoms with E-state index in [1.165, 1.54) is 25.3 Å². The van der Waals surface area contributed by atoms with Gasteiger partial charge in [0.05, 0.1) is 17.7 Å². The average molecular weight is 282 g/mol. The fraction of sp³-hybridized carbons (Fsp3) is 0.182. The van der Waals surface area contributed by atoms with E-state index in [2.05, 4.69) is 14.9 Å². The minimum absolute atomic E-state index is 0.0476. The summed E-state index contributed by atoms with van der Waals surface area (Å²) >= 11 is 0. The maximum Gasteiger partial charge on any atom is 0.263 e. The Morgan fingerprint density at radius 2 is 2.11 bits per heavy atom. The van der Waals surface area contributed by atoms with Gasteiger partial charge in [-0.3, -0.25) is 9.82 Å². The summed E-state index contributed by atoms with van der Waals surface area (Å²) < 4.78 is 31.5. The van der Waals surface area contributed by atoms with Gasteiger partial charge >= 0.3 is 0 Å². The van der Waals surface area contributed by atoms with Crippen LogP contribution in [0.2, 0.25) is 0 Å². The normalized spacial score (nSPS) is 11.3. The van der Waals surface area contributed by atoms with E-state index < -0.39 is 10.0 Å². The molecule has 102 valence electrons. The van der Waals surface area contributed by atoms with Crippen molar-refractivity contribution in [2.45, 2.75) is 11.8 Å². The molecule has 4 N–H and O–H groups in total. The highest BCUT2D eigenvalue weighted by Crippen LogP contribution is 2.25. The van der Waals surface area contributed by atoms with Crippen LogP contribution in [0, 0.1) is 6.92 Å². The quantitative estimate of drug-likeness (QED) is 0.728. The zero-order valence-electron chi connectivity index (χ0n) is 10.5. The summed E-state index contributed by atoms with van der Waals surface area (Å²) in [5.74, 6) is 0.654. The van der Waals surface area contributed by atoms with Crippen molar-refractivity contribution >= 4 is 21.5 Å². The van der Waals surface area contributed by atoms with Crippen molar-refractivity contribution in [2.75, 3.05) is 17.6 Å². The molecule has 0 saturated heterocycles. The SMILES string of the molecule is COc1ccc(S(=O)(=O)Nc2cc(C)[nH]n2)cc1N. The number of aromatic nitrogens is 2. The predicted octanol–water partition coefficient (Wildman–Crippen LogP) is 1.11. The van der Waals surface area contributed by atoms with Crippen molar-refractivity contribution in [3.05, 3.63) is 30.0 Å². The molecular formula is C11H14N4O3S. The van der Waals surface area contributed by atoms with Gasteiger partial charge in [0, 0.05) is 11.8 Å². The van der Waals surface area contributed by atoms with Crippen LogP contribution < -0.4 is 15.2 Å². The fourth-order valence-corrected chi connectivity index (χ4v) is 2.57. The van der Waals surface area contributed by atoms with Crippen molar-refractivity contribution in [2.24, 2.45) is 0 Å². The second kappa shape index (κ2) is 4.81. The molecule has 0 spiro atoms. The highest BCUT2D eigenvalue weighted by molar-refractivity contribution is 7.92. The molecule has 0 unspecified atom stereocenters. The van der Waals surface area contributed by atoms with Gasteiger partial charge in [0.2, 0.25) is 0 Å². The number of nitrogens with zero attached hydrogens (tertiary/aromatic N) is 1. The minimum Gasteiger partial charge on any atom is -0.495 e. The maximum absolute atomic E-state index is 12.1. The number of aryl methyl sites for hydroxylation is 1. The van der Waals surface area contributed by atoms with Gasteiger partial charge in [-0.15, -0.1) is 0 Å². The van der Waals surface area contributed by atoms with Crippen LogP contribution in [-0.4, -0.2) is 25.7 Å². The van der Waals surface area contributed by atoms with E-state index in [-0.39, 0.29) is 16.4 Å². The minimum atomic E-state index is -3.72. The molecule has 0 aliphatic heterocycles. The first kappa shape index (κ1) is 13.2. The van der Waals surface area contributed by atoms with Crippen LogP contribution in [0.3, 0.4) is 0 Å². The number of benzene rings is 1. The van der Waals surface area contributed by atoms with Crippen molar-refractivity contribution in [1.82, 2.24) is 10.2 Å². The first-order chi connectivity index (χ1) is 8.92. The third-order valence-corrected chi connectivity index (χ3v) is 3.81. The number of methoxy groups -OCH3 is 1. The number of aromatic amines is 1. The van der Waals surface area contributed by atoms with E-state index in [0.29, 0.717) is 5.75 Å². The van der Waals surface area contributed by atoms with E-state index in [0.717, 1.165) is 5.69 Å². The van der Waals surface area contributed by atoms with Gasteiger partial charge in [-0.2, -0.15) is 5.10 Å². The van der Waals surface area contributed by atoms with Gasteiger partial charge in [0.25, 0.3) is 10.0 Å². The molecule has 0 aliphatic rings. The van der Waals surface area contributed by atoms with Gasteiger partial charge in [0.15, 0.2) is 5.82 Å². The number of hydrogen-bond donors (Lipinski definition) is 3. The fourth-order valence-electron chi connectivity index (χ4n) is 1.55. The Morgan fingerprint density at radius 3 is 2.63 bits per heavy atom. The molecular weight excluding hydrogens is 268 g/mol. The monoisotopic (exact) mass is 282 g/mol. The summed E-state index contributed by atoms with van der Waals surface area (Å²) in [4.78, 5) is 0.0476. The van der Waals surface area contributed by atoms with E-state index >= 15 is 0 Å².